The molecule has 0 aliphatic heterocycles. The average molecular weight is 331 g/mol. The Kier molecular flexibility index (Phi) is 5.53. The summed E-state index contributed by atoms with van der Waals surface area (Å²) in [7, 11) is 0. The number of alkyl halides is 1. The molecule has 0 spiro atoms. The second-order valence-corrected chi connectivity index (χ2v) is 6.51. The van der Waals surface area contributed by atoms with Crippen molar-refractivity contribution in [1.82, 2.24) is 5.32 Å². The molecule has 2 rings (SSSR count). The van der Waals surface area contributed by atoms with Crippen LogP contribution in [0.25, 0.3) is 0 Å². The molecule has 0 aromatic heterocycles. The van der Waals surface area contributed by atoms with E-state index in [1.165, 1.54) is 42.1 Å². The van der Waals surface area contributed by atoms with Crippen molar-refractivity contribution < 1.29 is 0 Å². The van der Waals surface area contributed by atoms with Crippen LogP contribution in [0.3, 0.4) is 0 Å². The first-order chi connectivity index (χ1) is 8.76. The van der Waals surface area contributed by atoms with Gasteiger partial charge in [-0.25, -0.2) is 0 Å². The van der Waals surface area contributed by atoms with Gasteiger partial charge in [0.1, 0.15) is 0 Å². The molecular weight excluding hydrogens is 310 g/mol. The fraction of sp³-hybridized carbons (Fsp3) is 0.600. The number of halogens is 2. The van der Waals surface area contributed by atoms with Gasteiger partial charge in [-0.05, 0) is 29.9 Å². The summed E-state index contributed by atoms with van der Waals surface area (Å²) in [6, 6.07) is 8.38. The molecular formula is C15H21BrClN. The van der Waals surface area contributed by atoms with Crippen LogP contribution in [0, 0.1) is 5.41 Å². The Balaban J connectivity index is 1.85. The third-order valence-electron chi connectivity index (χ3n) is 3.97. The Morgan fingerprint density at radius 3 is 2.56 bits per heavy atom. The Labute approximate surface area is 123 Å². The molecule has 1 aliphatic carbocycles. The van der Waals surface area contributed by atoms with Crippen LogP contribution >= 0.6 is 27.5 Å². The smallest absolute Gasteiger partial charge is 0.0292 e. The predicted molar refractivity (Wildman–Crippen MR) is 82.1 cm³/mol. The number of hydrogen-bond acceptors (Lipinski definition) is 1. The predicted octanol–water partition coefficient (Wildman–Crippen LogP) is 4.73. The van der Waals surface area contributed by atoms with Gasteiger partial charge in [0, 0.05) is 23.4 Å². The summed E-state index contributed by atoms with van der Waals surface area (Å²) < 4.78 is 1.18. The zero-order valence-electron chi connectivity index (χ0n) is 10.7. The molecule has 1 aromatic rings. The molecule has 0 saturated heterocycles. The zero-order chi connectivity index (χ0) is 12.8. The molecule has 0 bridgehead atoms. The van der Waals surface area contributed by atoms with Crippen LogP contribution in [0.4, 0.5) is 0 Å². The monoisotopic (exact) mass is 329 g/mol. The van der Waals surface area contributed by atoms with E-state index in [9.17, 15) is 0 Å². The summed E-state index contributed by atoms with van der Waals surface area (Å²) in [5.74, 6) is 0.788. The van der Waals surface area contributed by atoms with E-state index < -0.39 is 0 Å². The van der Waals surface area contributed by atoms with E-state index in [2.05, 4.69) is 45.5 Å². The first kappa shape index (κ1) is 14.4. The maximum absolute atomic E-state index is 6.20. The van der Waals surface area contributed by atoms with Gasteiger partial charge in [-0.1, -0.05) is 53.4 Å². The van der Waals surface area contributed by atoms with E-state index in [1.807, 2.05) is 0 Å². The number of nitrogens with one attached hydrogen (secondary N) is 1. The lowest BCUT2D eigenvalue weighted by molar-refractivity contribution is 0.212. The van der Waals surface area contributed by atoms with Gasteiger partial charge in [0.05, 0.1) is 0 Å². The standard InChI is InChI=1S/C15H21BrClN/c16-14-7-3-2-6-13(14)10-18-12-15(11-17)8-4-1-5-9-15/h2-3,6-7,18H,1,4-5,8-12H2. The topological polar surface area (TPSA) is 12.0 Å². The van der Waals surface area contributed by atoms with Crippen LogP contribution in [0.5, 0.6) is 0 Å². The summed E-state index contributed by atoms with van der Waals surface area (Å²) in [6.45, 7) is 1.96. The highest BCUT2D eigenvalue weighted by Gasteiger charge is 2.30. The summed E-state index contributed by atoms with van der Waals surface area (Å²) >= 11 is 9.79. The quantitative estimate of drug-likeness (QED) is 0.770. The molecule has 1 aromatic carbocycles. The lowest BCUT2D eigenvalue weighted by atomic mass is 9.75. The number of hydrogen-bond donors (Lipinski definition) is 1. The van der Waals surface area contributed by atoms with Gasteiger partial charge >= 0.3 is 0 Å². The Morgan fingerprint density at radius 2 is 1.89 bits per heavy atom. The van der Waals surface area contributed by atoms with E-state index in [0.717, 1.165) is 19.0 Å². The van der Waals surface area contributed by atoms with Crippen molar-refractivity contribution in [3.8, 4) is 0 Å². The fourth-order valence-electron chi connectivity index (χ4n) is 2.76. The second-order valence-electron chi connectivity index (χ2n) is 5.39. The van der Waals surface area contributed by atoms with Crippen molar-refractivity contribution in [2.24, 2.45) is 5.41 Å². The number of rotatable bonds is 5. The second kappa shape index (κ2) is 6.93. The van der Waals surface area contributed by atoms with Gasteiger partial charge in [-0.15, -0.1) is 11.6 Å². The minimum Gasteiger partial charge on any atom is -0.312 e. The van der Waals surface area contributed by atoms with Gasteiger partial charge in [0.15, 0.2) is 0 Å². The molecule has 1 aliphatic rings. The molecule has 1 nitrogen and oxygen atoms in total. The van der Waals surface area contributed by atoms with Crippen molar-refractivity contribution in [1.29, 1.82) is 0 Å². The van der Waals surface area contributed by atoms with Crippen LogP contribution in [-0.2, 0) is 6.54 Å². The maximum atomic E-state index is 6.20. The number of benzene rings is 1. The van der Waals surface area contributed by atoms with Crippen molar-refractivity contribution in [2.45, 2.75) is 38.6 Å². The normalized spacial score (nSPS) is 18.8. The van der Waals surface area contributed by atoms with E-state index in [4.69, 9.17) is 11.6 Å². The van der Waals surface area contributed by atoms with Crippen LogP contribution in [-0.4, -0.2) is 12.4 Å². The Hall–Kier alpha value is -0.0500. The van der Waals surface area contributed by atoms with Gasteiger partial charge in [-0.2, -0.15) is 0 Å². The van der Waals surface area contributed by atoms with Crippen molar-refractivity contribution in [3.63, 3.8) is 0 Å². The maximum Gasteiger partial charge on any atom is 0.0292 e. The minimum absolute atomic E-state index is 0.334. The summed E-state index contributed by atoms with van der Waals surface area (Å²) in [6.07, 6.45) is 6.61. The van der Waals surface area contributed by atoms with Gasteiger partial charge in [0.25, 0.3) is 0 Å². The third kappa shape index (κ3) is 3.72. The molecule has 0 heterocycles. The highest BCUT2D eigenvalue weighted by Crippen LogP contribution is 2.36. The van der Waals surface area contributed by atoms with Crippen LogP contribution in [0.1, 0.15) is 37.7 Å². The SMILES string of the molecule is ClCC1(CNCc2ccccc2Br)CCCCC1. The molecule has 1 saturated carbocycles. The molecule has 1 fully saturated rings. The highest BCUT2D eigenvalue weighted by molar-refractivity contribution is 9.10. The minimum atomic E-state index is 0.334. The molecule has 18 heavy (non-hydrogen) atoms. The molecule has 0 radical (unpaired) electrons. The fourth-order valence-corrected chi connectivity index (χ4v) is 3.55. The molecule has 3 heteroatoms. The lowest BCUT2D eigenvalue weighted by Gasteiger charge is -2.35. The Morgan fingerprint density at radius 1 is 1.17 bits per heavy atom. The summed E-state index contributed by atoms with van der Waals surface area (Å²) in [4.78, 5) is 0. The largest absolute Gasteiger partial charge is 0.312 e. The van der Waals surface area contributed by atoms with Gasteiger partial charge in [0.2, 0.25) is 0 Å². The first-order valence-electron chi connectivity index (χ1n) is 6.76. The summed E-state index contributed by atoms with van der Waals surface area (Å²) in [5, 5.41) is 3.59. The molecule has 0 amide bonds. The first-order valence-corrected chi connectivity index (χ1v) is 8.09. The van der Waals surface area contributed by atoms with E-state index in [1.54, 1.807) is 0 Å². The average Bonchev–Trinajstić information content (AvgIpc) is 2.42. The van der Waals surface area contributed by atoms with Gasteiger partial charge in [-0.3, -0.25) is 0 Å². The van der Waals surface area contributed by atoms with Crippen molar-refractivity contribution in [3.05, 3.63) is 34.3 Å². The van der Waals surface area contributed by atoms with Crippen LogP contribution < -0.4 is 5.32 Å². The van der Waals surface area contributed by atoms with E-state index >= 15 is 0 Å². The van der Waals surface area contributed by atoms with Crippen LogP contribution in [0.15, 0.2) is 28.7 Å². The third-order valence-corrected chi connectivity index (χ3v) is 5.31. The van der Waals surface area contributed by atoms with Crippen LogP contribution in [0.2, 0.25) is 0 Å². The Bertz CT molecular complexity index is 375. The lowest BCUT2D eigenvalue weighted by Crippen LogP contribution is -2.37. The highest BCUT2D eigenvalue weighted by atomic mass is 79.9. The van der Waals surface area contributed by atoms with Gasteiger partial charge < -0.3 is 5.32 Å². The van der Waals surface area contributed by atoms with Crippen molar-refractivity contribution >= 4 is 27.5 Å². The molecule has 0 atom stereocenters. The molecule has 100 valence electrons. The van der Waals surface area contributed by atoms with E-state index in [0.29, 0.717) is 5.41 Å². The summed E-state index contributed by atoms with van der Waals surface area (Å²) in [5.41, 5.74) is 1.65. The van der Waals surface area contributed by atoms with E-state index in [-0.39, 0.29) is 0 Å². The van der Waals surface area contributed by atoms with Crippen molar-refractivity contribution in [2.75, 3.05) is 12.4 Å². The molecule has 1 N–H and O–H groups in total. The zero-order valence-corrected chi connectivity index (χ0v) is 13.1. The molecule has 0 unspecified atom stereocenters.